The molecule has 2 atom stereocenters. The third kappa shape index (κ3) is 4.84. The lowest BCUT2D eigenvalue weighted by Gasteiger charge is -2.32. The Morgan fingerprint density at radius 2 is 1.85 bits per heavy atom. The molecule has 6 nitrogen and oxygen atoms in total. The van der Waals surface area contributed by atoms with Gasteiger partial charge in [0.1, 0.15) is 0 Å². The molecule has 6 heteroatoms. The maximum atomic E-state index is 12.5. The maximum absolute atomic E-state index is 12.5. The van der Waals surface area contributed by atoms with Crippen LogP contribution in [0, 0.1) is 17.8 Å². The topological polar surface area (TPSA) is 86.7 Å². The molecule has 1 saturated carbocycles. The molecule has 1 heterocycles. The molecular weight excluding hydrogens is 332 g/mol. The molecule has 2 amide bonds. The second kappa shape index (κ2) is 8.34. The summed E-state index contributed by atoms with van der Waals surface area (Å²) in [6.45, 7) is 1.29. The van der Waals surface area contributed by atoms with Gasteiger partial charge in [-0.15, -0.1) is 0 Å². The van der Waals surface area contributed by atoms with Crippen LogP contribution < -0.4 is 5.32 Å². The van der Waals surface area contributed by atoms with Crippen LogP contribution in [0.15, 0.2) is 30.3 Å². The highest BCUT2D eigenvalue weighted by atomic mass is 16.4. The van der Waals surface area contributed by atoms with Crippen LogP contribution >= 0.6 is 0 Å². The van der Waals surface area contributed by atoms with Gasteiger partial charge in [-0.25, -0.2) is 0 Å². The van der Waals surface area contributed by atoms with E-state index in [2.05, 4.69) is 5.32 Å². The van der Waals surface area contributed by atoms with Crippen LogP contribution in [0.1, 0.15) is 31.2 Å². The number of carboxylic acids is 1. The lowest BCUT2D eigenvalue weighted by atomic mass is 9.95. The first kappa shape index (κ1) is 18.4. The average Bonchev–Trinajstić information content (AvgIpc) is 3.50. The summed E-state index contributed by atoms with van der Waals surface area (Å²) in [6, 6.07) is 9.42. The van der Waals surface area contributed by atoms with E-state index < -0.39 is 11.9 Å². The van der Waals surface area contributed by atoms with E-state index in [1.807, 2.05) is 35.2 Å². The van der Waals surface area contributed by atoms with Crippen molar-refractivity contribution in [3.63, 3.8) is 0 Å². The van der Waals surface area contributed by atoms with Gasteiger partial charge >= 0.3 is 5.97 Å². The second-order valence-corrected chi connectivity index (χ2v) is 7.37. The second-order valence-electron chi connectivity index (χ2n) is 7.37. The van der Waals surface area contributed by atoms with E-state index in [-0.39, 0.29) is 30.2 Å². The zero-order chi connectivity index (χ0) is 18.5. The van der Waals surface area contributed by atoms with Crippen molar-refractivity contribution in [3.8, 4) is 0 Å². The van der Waals surface area contributed by atoms with Crippen molar-refractivity contribution in [2.75, 3.05) is 19.6 Å². The number of piperidine rings is 1. The molecule has 140 valence electrons. The molecule has 1 aromatic rings. The highest BCUT2D eigenvalue weighted by Crippen LogP contribution is 2.32. The van der Waals surface area contributed by atoms with Crippen LogP contribution in [0.25, 0.3) is 0 Å². The molecule has 0 bridgehead atoms. The normalized spacial score (nSPS) is 21.1. The number of amides is 2. The first-order valence-corrected chi connectivity index (χ1v) is 9.38. The number of aliphatic carboxylic acids is 1. The van der Waals surface area contributed by atoms with Crippen molar-refractivity contribution in [2.24, 2.45) is 17.8 Å². The number of hydrogen-bond acceptors (Lipinski definition) is 3. The first-order valence-electron chi connectivity index (χ1n) is 9.38. The molecule has 2 N–H and O–H groups in total. The molecule has 0 aromatic heterocycles. The lowest BCUT2D eigenvalue weighted by molar-refractivity contribution is -0.141. The number of hydrogen-bond donors (Lipinski definition) is 2. The maximum Gasteiger partial charge on any atom is 0.308 e. The smallest absolute Gasteiger partial charge is 0.308 e. The Balaban J connectivity index is 1.51. The number of carbonyl (C=O) groups is 3. The summed E-state index contributed by atoms with van der Waals surface area (Å²) in [5.41, 5.74) is 0.938. The van der Waals surface area contributed by atoms with Gasteiger partial charge in [0.25, 0.3) is 0 Å². The zero-order valence-electron chi connectivity index (χ0n) is 14.9. The van der Waals surface area contributed by atoms with Crippen LogP contribution in [0.4, 0.5) is 0 Å². The minimum absolute atomic E-state index is 0.107. The lowest BCUT2D eigenvalue weighted by Crippen LogP contribution is -2.47. The summed E-state index contributed by atoms with van der Waals surface area (Å²) < 4.78 is 0. The number of rotatable bonds is 7. The number of likely N-dealkylation sites (tertiary alicyclic amines) is 1. The number of nitrogens with zero attached hydrogens (tertiary/aromatic N) is 1. The minimum Gasteiger partial charge on any atom is -0.481 e. The molecule has 0 radical (unpaired) electrons. The van der Waals surface area contributed by atoms with Crippen molar-refractivity contribution in [1.29, 1.82) is 0 Å². The van der Waals surface area contributed by atoms with Gasteiger partial charge in [0, 0.05) is 25.6 Å². The molecule has 3 rings (SSSR count). The fraction of sp³-hybridized carbons (Fsp3) is 0.550. The fourth-order valence-electron chi connectivity index (χ4n) is 3.49. The predicted octanol–water partition coefficient (Wildman–Crippen LogP) is 1.69. The summed E-state index contributed by atoms with van der Waals surface area (Å²) in [6.07, 6.45) is 3.88. The van der Waals surface area contributed by atoms with E-state index in [9.17, 15) is 19.5 Å². The summed E-state index contributed by atoms with van der Waals surface area (Å²) in [4.78, 5) is 38.0. The van der Waals surface area contributed by atoms with Crippen LogP contribution in [-0.4, -0.2) is 47.4 Å². The van der Waals surface area contributed by atoms with Gasteiger partial charge in [0.05, 0.1) is 11.8 Å². The van der Waals surface area contributed by atoms with Gasteiger partial charge in [-0.05, 0) is 37.7 Å². The molecule has 26 heavy (non-hydrogen) atoms. The standard InChI is InChI=1S/C20H26N2O4/c23-18(16-7-4-10-22(13-16)19(24)15-8-9-15)21-12-17(20(25)26)11-14-5-2-1-3-6-14/h1-3,5-6,15-17H,4,7-13H2,(H,21,23)(H,25,26). The van der Waals surface area contributed by atoms with E-state index >= 15 is 0 Å². The van der Waals surface area contributed by atoms with E-state index in [0.29, 0.717) is 13.0 Å². The molecule has 1 aliphatic carbocycles. The Kier molecular flexibility index (Phi) is 5.91. The first-order chi connectivity index (χ1) is 12.5. The van der Waals surface area contributed by atoms with Crippen molar-refractivity contribution < 1.29 is 19.5 Å². The van der Waals surface area contributed by atoms with Gasteiger partial charge in [0.2, 0.25) is 11.8 Å². The molecule has 1 saturated heterocycles. The van der Waals surface area contributed by atoms with Crippen LogP contribution in [0.5, 0.6) is 0 Å². The number of carbonyl (C=O) groups excluding carboxylic acids is 2. The van der Waals surface area contributed by atoms with Gasteiger partial charge in [-0.2, -0.15) is 0 Å². The van der Waals surface area contributed by atoms with Gasteiger partial charge in [-0.3, -0.25) is 14.4 Å². The molecule has 2 unspecified atom stereocenters. The Labute approximate surface area is 153 Å². The monoisotopic (exact) mass is 358 g/mol. The summed E-state index contributed by atoms with van der Waals surface area (Å²) >= 11 is 0. The van der Waals surface area contributed by atoms with E-state index in [1.165, 1.54) is 0 Å². The van der Waals surface area contributed by atoms with E-state index in [0.717, 1.165) is 37.8 Å². The van der Waals surface area contributed by atoms with E-state index in [1.54, 1.807) is 0 Å². The third-order valence-electron chi connectivity index (χ3n) is 5.23. The Hall–Kier alpha value is -2.37. The molecular formula is C20H26N2O4. The Morgan fingerprint density at radius 1 is 1.12 bits per heavy atom. The molecule has 0 spiro atoms. The summed E-state index contributed by atoms with van der Waals surface area (Å²) in [5, 5.41) is 12.2. The predicted molar refractivity (Wildman–Crippen MR) is 96.3 cm³/mol. The largest absolute Gasteiger partial charge is 0.481 e. The highest BCUT2D eigenvalue weighted by molar-refractivity contribution is 5.83. The van der Waals surface area contributed by atoms with Gasteiger partial charge < -0.3 is 15.3 Å². The SMILES string of the molecule is O=C(O)C(CNC(=O)C1CCCN(C(=O)C2CC2)C1)Cc1ccccc1. The van der Waals surface area contributed by atoms with Crippen LogP contribution in [-0.2, 0) is 20.8 Å². The number of carboxylic acid groups (broad SMARTS) is 1. The Bertz CT molecular complexity index is 657. The highest BCUT2D eigenvalue weighted by Gasteiger charge is 2.36. The van der Waals surface area contributed by atoms with E-state index in [4.69, 9.17) is 0 Å². The van der Waals surface area contributed by atoms with Crippen molar-refractivity contribution >= 4 is 17.8 Å². The third-order valence-corrected chi connectivity index (χ3v) is 5.23. The number of benzene rings is 1. The molecule has 1 aromatic carbocycles. The van der Waals surface area contributed by atoms with Gasteiger partial charge in [0.15, 0.2) is 0 Å². The van der Waals surface area contributed by atoms with Crippen molar-refractivity contribution in [2.45, 2.75) is 32.1 Å². The summed E-state index contributed by atoms with van der Waals surface area (Å²) in [7, 11) is 0. The van der Waals surface area contributed by atoms with Crippen molar-refractivity contribution in [3.05, 3.63) is 35.9 Å². The zero-order valence-corrected chi connectivity index (χ0v) is 14.9. The number of nitrogens with one attached hydrogen (secondary N) is 1. The average molecular weight is 358 g/mol. The van der Waals surface area contributed by atoms with Gasteiger partial charge in [-0.1, -0.05) is 30.3 Å². The van der Waals surface area contributed by atoms with Crippen LogP contribution in [0.3, 0.4) is 0 Å². The summed E-state index contributed by atoms with van der Waals surface area (Å²) in [5.74, 6) is -1.61. The fourth-order valence-corrected chi connectivity index (χ4v) is 3.49. The molecule has 1 aliphatic heterocycles. The quantitative estimate of drug-likeness (QED) is 0.777. The minimum atomic E-state index is -0.914. The Morgan fingerprint density at radius 3 is 2.50 bits per heavy atom. The van der Waals surface area contributed by atoms with Crippen molar-refractivity contribution in [1.82, 2.24) is 10.2 Å². The van der Waals surface area contributed by atoms with Crippen LogP contribution in [0.2, 0.25) is 0 Å². The molecule has 2 aliphatic rings. The molecule has 2 fully saturated rings.